The number of hydrogen-bond acceptors (Lipinski definition) is 4. The van der Waals surface area contributed by atoms with Gasteiger partial charge < -0.3 is 9.47 Å². The minimum Gasteiger partial charge on any atom is -0.440 e. The Balaban J connectivity index is 1.68. The van der Waals surface area contributed by atoms with Crippen molar-refractivity contribution >= 4 is 10.0 Å². The van der Waals surface area contributed by atoms with Crippen LogP contribution in [0.5, 0.6) is 11.5 Å². The van der Waals surface area contributed by atoms with Gasteiger partial charge in [-0.2, -0.15) is 4.31 Å². The molecular formula is C23H16F5NO4S. The van der Waals surface area contributed by atoms with Crippen molar-refractivity contribution in [3.8, 4) is 11.5 Å². The molecule has 0 unspecified atom stereocenters. The van der Waals surface area contributed by atoms with Gasteiger partial charge >= 0.3 is 5.79 Å². The summed E-state index contributed by atoms with van der Waals surface area (Å²) >= 11 is 0. The predicted molar refractivity (Wildman–Crippen MR) is 109 cm³/mol. The zero-order chi connectivity index (χ0) is 24.3. The maximum Gasteiger partial charge on any atom is 0.311 e. The van der Waals surface area contributed by atoms with Crippen molar-refractivity contribution in [3.63, 3.8) is 0 Å². The van der Waals surface area contributed by atoms with Crippen molar-refractivity contribution in [2.45, 2.75) is 23.5 Å². The van der Waals surface area contributed by atoms with Gasteiger partial charge in [0.2, 0.25) is 10.0 Å². The van der Waals surface area contributed by atoms with Crippen LogP contribution in [0.1, 0.15) is 24.0 Å². The first-order valence-electron chi connectivity index (χ1n) is 10.2. The van der Waals surface area contributed by atoms with E-state index in [-0.39, 0.29) is 24.6 Å². The van der Waals surface area contributed by atoms with Gasteiger partial charge in [-0.25, -0.2) is 30.4 Å². The molecule has 3 aromatic carbocycles. The molecule has 0 aliphatic carbocycles. The van der Waals surface area contributed by atoms with Crippen molar-refractivity contribution in [1.82, 2.24) is 4.31 Å². The number of fused-ring (bicyclic) bond motifs is 1. The van der Waals surface area contributed by atoms with E-state index in [1.54, 1.807) is 0 Å². The summed E-state index contributed by atoms with van der Waals surface area (Å²) in [6.07, 6.45) is 1.25. The lowest BCUT2D eigenvalue weighted by atomic mass is 9.96. The minimum absolute atomic E-state index is 0.224. The van der Waals surface area contributed by atoms with Crippen molar-refractivity contribution in [3.05, 3.63) is 88.7 Å². The molecule has 0 N–H and O–H groups in total. The van der Waals surface area contributed by atoms with Crippen LogP contribution in [0.15, 0.2) is 53.4 Å². The summed E-state index contributed by atoms with van der Waals surface area (Å²) in [5, 5.41) is 0. The van der Waals surface area contributed by atoms with Crippen LogP contribution in [0.2, 0.25) is 0 Å². The third-order valence-corrected chi connectivity index (χ3v) is 7.67. The van der Waals surface area contributed by atoms with Gasteiger partial charge in [0, 0.05) is 37.4 Å². The molecule has 1 fully saturated rings. The smallest absolute Gasteiger partial charge is 0.311 e. The third-order valence-electron chi connectivity index (χ3n) is 5.76. The van der Waals surface area contributed by atoms with E-state index in [0.717, 1.165) is 40.7 Å². The second-order valence-corrected chi connectivity index (χ2v) is 9.82. The highest BCUT2D eigenvalue weighted by Crippen LogP contribution is 2.50. The van der Waals surface area contributed by atoms with Crippen molar-refractivity contribution in [1.29, 1.82) is 0 Å². The van der Waals surface area contributed by atoms with Crippen LogP contribution in [-0.2, 0) is 15.8 Å². The van der Waals surface area contributed by atoms with Gasteiger partial charge in [-0.1, -0.05) is 0 Å². The zero-order valence-electron chi connectivity index (χ0n) is 17.3. The number of benzene rings is 3. The molecule has 0 amide bonds. The Morgan fingerprint density at radius 3 is 1.71 bits per heavy atom. The Morgan fingerprint density at radius 2 is 1.21 bits per heavy atom. The second-order valence-electron chi connectivity index (χ2n) is 7.91. The van der Waals surface area contributed by atoms with Crippen LogP contribution >= 0.6 is 0 Å². The number of ether oxygens (including phenoxy) is 2. The molecule has 34 heavy (non-hydrogen) atoms. The molecule has 2 aliphatic rings. The summed E-state index contributed by atoms with van der Waals surface area (Å²) in [7, 11) is -4.21. The van der Waals surface area contributed by atoms with Crippen LogP contribution in [0.4, 0.5) is 22.0 Å². The van der Waals surface area contributed by atoms with Crippen LogP contribution in [0.3, 0.4) is 0 Å². The van der Waals surface area contributed by atoms with Crippen LogP contribution in [0, 0.1) is 29.1 Å². The molecule has 1 saturated heterocycles. The van der Waals surface area contributed by atoms with E-state index in [4.69, 9.17) is 9.47 Å². The zero-order valence-corrected chi connectivity index (χ0v) is 18.1. The Bertz CT molecular complexity index is 1360. The van der Waals surface area contributed by atoms with Crippen molar-refractivity contribution < 1.29 is 39.8 Å². The highest BCUT2D eigenvalue weighted by atomic mass is 32.2. The predicted octanol–water partition coefficient (Wildman–Crippen LogP) is 4.84. The van der Waals surface area contributed by atoms with Gasteiger partial charge in [-0.15, -0.1) is 0 Å². The number of nitrogens with zero attached hydrogens (tertiary/aromatic N) is 1. The highest BCUT2D eigenvalue weighted by molar-refractivity contribution is 7.89. The number of rotatable bonds is 4. The average Bonchev–Trinajstić information content (AvgIpc) is 3.42. The van der Waals surface area contributed by atoms with E-state index >= 15 is 0 Å². The minimum atomic E-state index is -4.21. The monoisotopic (exact) mass is 497 g/mol. The first-order chi connectivity index (χ1) is 16.1. The SMILES string of the molecule is O=S(=O)(c1cc2c(cc1F)OC(c1ccc(F)cc1F)(c1ccc(F)cc1F)O2)N1CCCC1. The Labute approximate surface area is 191 Å². The summed E-state index contributed by atoms with van der Waals surface area (Å²) in [6.45, 7) is 0.448. The molecule has 0 atom stereocenters. The molecule has 0 aromatic heterocycles. The topological polar surface area (TPSA) is 55.8 Å². The van der Waals surface area contributed by atoms with Crippen LogP contribution < -0.4 is 9.47 Å². The summed E-state index contributed by atoms with van der Waals surface area (Å²) in [5.41, 5.74) is -0.972. The number of sulfonamides is 1. The highest BCUT2D eigenvalue weighted by Gasteiger charge is 2.50. The molecule has 2 aliphatic heterocycles. The van der Waals surface area contributed by atoms with Gasteiger partial charge in [-0.3, -0.25) is 0 Å². The van der Waals surface area contributed by atoms with E-state index in [1.165, 1.54) is 0 Å². The number of halogens is 5. The van der Waals surface area contributed by atoms with Crippen LogP contribution in [-0.4, -0.2) is 25.8 Å². The molecule has 3 aromatic rings. The molecule has 0 radical (unpaired) electrons. The Kier molecular flexibility index (Phi) is 5.28. The average molecular weight is 497 g/mol. The van der Waals surface area contributed by atoms with Gasteiger partial charge in [-0.05, 0) is 37.1 Å². The first kappa shape index (κ1) is 22.6. The summed E-state index contributed by atoms with van der Waals surface area (Å²) in [6, 6.07) is 6.28. The van der Waals surface area contributed by atoms with E-state index in [1.807, 2.05) is 0 Å². The lowest BCUT2D eigenvalue weighted by Crippen LogP contribution is -2.39. The van der Waals surface area contributed by atoms with E-state index in [2.05, 4.69) is 0 Å². The molecule has 2 heterocycles. The molecule has 178 valence electrons. The second kappa shape index (κ2) is 7.95. The fraction of sp³-hybridized carbons (Fsp3) is 0.217. The maximum absolute atomic E-state index is 14.9. The quantitative estimate of drug-likeness (QED) is 0.485. The lowest BCUT2D eigenvalue weighted by molar-refractivity contribution is -0.0516. The molecule has 11 heteroatoms. The third kappa shape index (κ3) is 3.50. The standard InChI is InChI=1S/C23H16F5NO4S/c24-13-3-5-15(17(26)9-13)23(16-6-4-14(25)10-18(16)27)32-20-11-19(28)22(12-21(20)33-23)34(30,31)29-7-1-2-8-29/h3-6,9-12H,1-2,7-8H2. The van der Waals surface area contributed by atoms with Crippen molar-refractivity contribution in [2.24, 2.45) is 0 Å². The largest absolute Gasteiger partial charge is 0.440 e. The first-order valence-corrected chi connectivity index (χ1v) is 11.7. The molecular weight excluding hydrogens is 481 g/mol. The molecule has 0 saturated carbocycles. The summed E-state index contributed by atoms with van der Waals surface area (Å²) in [4.78, 5) is -0.688. The van der Waals surface area contributed by atoms with E-state index in [9.17, 15) is 30.4 Å². The summed E-state index contributed by atoms with van der Waals surface area (Å²) in [5.74, 6) is -8.47. The van der Waals surface area contributed by atoms with Gasteiger partial charge in [0.1, 0.15) is 34.0 Å². The molecule has 5 nitrogen and oxygen atoms in total. The van der Waals surface area contributed by atoms with Crippen molar-refractivity contribution in [2.75, 3.05) is 13.1 Å². The Morgan fingerprint density at radius 1 is 0.706 bits per heavy atom. The number of hydrogen-bond donors (Lipinski definition) is 0. The Hall–Kier alpha value is -3.18. The van der Waals surface area contributed by atoms with Crippen LogP contribution in [0.25, 0.3) is 0 Å². The molecule has 5 rings (SSSR count). The van der Waals surface area contributed by atoms with Gasteiger partial charge in [0.25, 0.3) is 0 Å². The lowest BCUT2D eigenvalue weighted by Gasteiger charge is -2.29. The molecule has 0 spiro atoms. The summed E-state index contributed by atoms with van der Waals surface area (Å²) < 4.78 is 110. The van der Waals surface area contributed by atoms with E-state index < -0.39 is 60.9 Å². The fourth-order valence-electron chi connectivity index (χ4n) is 4.15. The molecule has 0 bridgehead atoms. The van der Waals surface area contributed by atoms with E-state index in [0.29, 0.717) is 25.0 Å². The normalized spacial score (nSPS) is 17.3. The fourth-order valence-corrected chi connectivity index (χ4v) is 5.73. The van der Waals surface area contributed by atoms with Gasteiger partial charge in [0.05, 0.1) is 11.1 Å². The maximum atomic E-state index is 14.9. The van der Waals surface area contributed by atoms with Gasteiger partial charge in [0.15, 0.2) is 11.5 Å².